The zero-order chi connectivity index (χ0) is 21.1. The Morgan fingerprint density at radius 1 is 1.20 bits per heavy atom. The maximum Gasteiger partial charge on any atom is 0.256 e. The van der Waals surface area contributed by atoms with Crippen LogP contribution in [0.4, 0.5) is 5.82 Å². The molecule has 0 unspecified atom stereocenters. The van der Waals surface area contributed by atoms with E-state index in [9.17, 15) is 4.79 Å². The van der Waals surface area contributed by atoms with Crippen LogP contribution in [0.15, 0.2) is 39.9 Å². The number of tetrazole rings is 1. The van der Waals surface area contributed by atoms with E-state index in [0.29, 0.717) is 33.4 Å². The van der Waals surface area contributed by atoms with E-state index in [1.165, 1.54) is 11.8 Å². The molecule has 0 radical (unpaired) electrons. The number of hydrogen-bond donors (Lipinski definition) is 1. The highest BCUT2D eigenvalue weighted by Gasteiger charge is 2.19. The number of aromatic nitrogens is 6. The van der Waals surface area contributed by atoms with Gasteiger partial charge < -0.3 is 9.73 Å². The lowest BCUT2D eigenvalue weighted by Gasteiger charge is -2.08. The number of carbonyl (C=O) groups excluding carboxylic acids is 1. The zero-order valence-corrected chi connectivity index (χ0v) is 17.7. The summed E-state index contributed by atoms with van der Waals surface area (Å²) in [5.41, 5.74) is 1.89. The van der Waals surface area contributed by atoms with Crippen molar-refractivity contribution in [3.8, 4) is 0 Å². The molecule has 0 saturated carbocycles. The number of nitrogens with one attached hydrogen (secondary N) is 1. The van der Waals surface area contributed by atoms with E-state index in [-0.39, 0.29) is 5.91 Å². The SMILES string of the molecule is CCCn1nnnc1CSc1nc(NC(=O)c2ccccc2)c2c(C)c(C)oc2n1. The van der Waals surface area contributed by atoms with E-state index in [2.05, 4.69) is 37.7 Å². The van der Waals surface area contributed by atoms with Crippen molar-refractivity contribution >= 4 is 34.6 Å². The molecule has 4 aromatic rings. The second-order valence-electron chi connectivity index (χ2n) is 6.75. The van der Waals surface area contributed by atoms with E-state index in [1.54, 1.807) is 16.8 Å². The molecular weight excluding hydrogens is 402 g/mol. The van der Waals surface area contributed by atoms with Gasteiger partial charge in [0.2, 0.25) is 5.71 Å². The van der Waals surface area contributed by atoms with Crippen molar-refractivity contribution in [2.45, 2.75) is 44.6 Å². The minimum Gasteiger partial charge on any atom is -0.443 e. The number of nitrogens with zero attached hydrogens (tertiary/aromatic N) is 6. The number of carbonyl (C=O) groups is 1. The van der Waals surface area contributed by atoms with Gasteiger partial charge in [-0.25, -0.2) is 9.67 Å². The molecule has 0 aliphatic heterocycles. The Labute approximate surface area is 177 Å². The Hall–Kier alpha value is -3.27. The van der Waals surface area contributed by atoms with Crippen molar-refractivity contribution in [1.82, 2.24) is 30.2 Å². The summed E-state index contributed by atoms with van der Waals surface area (Å²) in [5, 5.41) is 15.9. The van der Waals surface area contributed by atoms with Crippen LogP contribution in [0.25, 0.3) is 11.1 Å². The maximum atomic E-state index is 12.7. The molecule has 0 aliphatic carbocycles. The van der Waals surface area contributed by atoms with Gasteiger partial charge in [0.25, 0.3) is 5.91 Å². The average Bonchev–Trinajstić information content (AvgIpc) is 3.31. The molecule has 0 atom stereocenters. The number of aryl methyl sites for hydroxylation is 3. The molecule has 1 amide bonds. The van der Waals surface area contributed by atoms with Crippen molar-refractivity contribution in [3.05, 3.63) is 53.0 Å². The molecule has 0 aliphatic rings. The van der Waals surface area contributed by atoms with Crippen LogP contribution in [-0.4, -0.2) is 36.1 Å². The van der Waals surface area contributed by atoms with E-state index in [4.69, 9.17) is 4.42 Å². The van der Waals surface area contributed by atoms with Crippen LogP contribution in [0, 0.1) is 13.8 Å². The molecule has 9 nitrogen and oxygen atoms in total. The van der Waals surface area contributed by atoms with E-state index in [0.717, 1.165) is 30.1 Å². The minimum atomic E-state index is -0.239. The summed E-state index contributed by atoms with van der Waals surface area (Å²) in [6.07, 6.45) is 0.936. The summed E-state index contributed by atoms with van der Waals surface area (Å²) in [4.78, 5) is 21.8. The Kier molecular flexibility index (Phi) is 5.75. The molecule has 0 bridgehead atoms. The summed E-state index contributed by atoms with van der Waals surface area (Å²) in [7, 11) is 0. The zero-order valence-electron chi connectivity index (χ0n) is 16.9. The number of fused-ring (bicyclic) bond motifs is 1. The number of hydrogen-bond acceptors (Lipinski definition) is 8. The first-order valence-electron chi connectivity index (χ1n) is 9.58. The number of benzene rings is 1. The lowest BCUT2D eigenvalue weighted by atomic mass is 10.2. The van der Waals surface area contributed by atoms with Gasteiger partial charge in [-0.2, -0.15) is 4.98 Å². The second kappa shape index (κ2) is 8.62. The Morgan fingerprint density at radius 2 is 2.00 bits per heavy atom. The molecule has 154 valence electrons. The largest absolute Gasteiger partial charge is 0.443 e. The molecule has 3 heterocycles. The number of thioether (sulfide) groups is 1. The molecule has 10 heteroatoms. The Morgan fingerprint density at radius 3 is 2.77 bits per heavy atom. The standard InChI is InChI=1S/C20H21N7O2S/c1-4-10-27-15(24-25-26-27)11-30-20-22-17(16-12(2)13(3)29-19(16)23-20)21-18(28)14-8-6-5-7-9-14/h5-9H,4,10-11H2,1-3H3,(H,21,22,23,28). The summed E-state index contributed by atoms with van der Waals surface area (Å²) in [6, 6.07) is 9.01. The van der Waals surface area contributed by atoms with Crippen molar-refractivity contribution in [2.24, 2.45) is 0 Å². The molecule has 30 heavy (non-hydrogen) atoms. The third kappa shape index (κ3) is 4.04. The number of anilines is 1. The fourth-order valence-corrected chi connectivity index (χ4v) is 3.76. The van der Waals surface area contributed by atoms with Gasteiger partial charge >= 0.3 is 0 Å². The van der Waals surface area contributed by atoms with Crippen LogP contribution >= 0.6 is 11.8 Å². The Balaban J connectivity index is 1.64. The maximum absolute atomic E-state index is 12.7. The van der Waals surface area contributed by atoms with Crippen molar-refractivity contribution in [2.75, 3.05) is 5.32 Å². The highest BCUT2D eigenvalue weighted by Crippen LogP contribution is 2.32. The van der Waals surface area contributed by atoms with E-state index < -0.39 is 0 Å². The average molecular weight is 424 g/mol. The van der Waals surface area contributed by atoms with Gasteiger partial charge in [0.05, 0.1) is 11.1 Å². The number of furan rings is 1. The number of rotatable bonds is 7. The van der Waals surface area contributed by atoms with Gasteiger partial charge in [0.15, 0.2) is 11.0 Å². The van der Waals surface area contributed by atoms with Crippen LogP contribution < -0.4 is 5.32 Å². The highest BCUT2D eigenvalue weighted by atomic mass is 32.2. The first-order chi connectivity index (χ1) is 14.6. The van der Waals surface area contributed by atoms with Crippen LogP contribution in [0.5, 0.6) is 0 Å². The summed E-state index contributed by atoms with van der Waals surface area (Å²) in [6.45, 7) is 6.61. The summed E-state index contributed by atoms with van der Waals surface area (Å²) < 4.78 is 7.57. The topological polar surface area (TPSA) is 112 Å². The molecule has 4 rings (SSSR count). The number of amides is 1. The van der Waals surface area contributed by atoms with E-state index >= 15 is 0 Å². The monoisotopic (exact) mass is 423 g/mol. The van der Waals surface area contributed by atoms with Crippen molar-refractivity contribution in [3.63, 3.8) is 0 Å². The van der Waals surface area contributed by atoms with Gasteiger partial charge in [0, 0.05) is 17.7 Å². The van der Waals surface area contributed by atoms with Gasteiger partial charge in [-0.3, -0.25) is 4.79 Å². The first-order valence-corrected chi connectivity index (χ1v) is 10.6. The van der Waals surface area contributed by atoms with Crippen LogP contribution in [0.1, 0.15) is 40.9 Å². The van der Waals surface area contributed by atoms with Crippen LogP contribution in [0.2, 0.25) is 0 Å². The fraction of sp³-hybridized carbons (Fsp3) is 0.300. The predicted molar refractivity (Wildman–Crippen MR) is 113 cm³/mol. The lowest BCUT2D eigenvalue weighted by Crippen LogP contribution is -2.14. The molecule has 0 saturated heterocycles. The van der Waals surface area contributed by atoms with E-state index in [1.807, 2.05) is 32.0 Å². The fourth-order valence-electron chi connectivity index (χ4n) is 3.00. The Bertz CT molecular complexity index is 1190. The van der Waals surface area contributed by atoms with Crippen molar-refractivity contribution in [1.29, 1.82) is 0 Å². The van der Waals surface area contributed by atoms with Gasteiger partial charge in [-0.15, -0.1) is 5.10 Å². The molecule has 1 N–H and O–H groups in total. The van der Waals surface area contributed by atoms with Gasteiger partial charge in [-0.1, -0.05) is 36.9 Å². The lowest BCUT2D eigenvalue weighted by molar-refractivity contribution is 0.102. The minimum absolute atomic E-state index is 0.239. The van der Waals surface area contributed by atoms with Crippen LogP contribution in [0.3, 0.4) is 0 Å². The van der Waals surface area contributed by atoms with Crippen LogP contribution in [-0.2, 0) is 12.3 Å². The van der Waals surface area contributed by atoms with Gasteiger partial charge in [-0.05, 0) is 42.8 Å². The first kappa shape index (κ1) is 20.0. The molecular formula is C20H21N7O2S. The molecule has 0 spiro atoms. The third-order valence-electron chi connectivity index (χ3n) is 4.65. The molecule has 3 aromatic heterocycles. The van der Waals surface area contributed by atoms with Gasteiger partial charge in [0.1, 0.15) is 11.6 Å². The highest BCUT2D eigenvalue weighted by molar-refractivity contribution is 7.98. The second-order valence-corrected chi connectivity index (χ2v) is 7.69. The van der Waals surface area contributed by atoms with Crippen molar-refractivity contribution < 1.29 is 9.21 Å². The normalized spacial score (nSPS) is 11.2. The molecule has 0 fully saturated rings. The summed E-state index contributed by atoms with van der Waals surface area (Å²) >= 11 is 1.39. The molecule has 1 aromatic carbocycles. The summed E-state index contributed by atoms with van der Waals surface area (Å²) in [5.74, 6) is 2.18. The predicted octanol–water partition coefficient (Wildman–Crippen LogP) is 3.78. The third-order valence-corrected chi connectivity index (χ3v) is 5.49. The smallest absolute Gasteiger partial charge is 0.256 e. The quantitative estimate of drug-likeness (QED) is 0.353.